The monoisotopic (exact) mass is 334 g/mol. The number of nitrogens with two attached hydrogens (primary N) is 1. The van der Waals surface area contributed by atoms with Crippen LogP contribution in [-0.4, -0.2) is 40.2 Å². The molecule has 8 heteroatoms. The van der Waals surface area contributed by atoms with Crippen LogP contribution in [0, 0.1) is 0 Å². The average molecular weight is 334 g/mol. The maximum atomic E-state index is 12.0. The Morgan fingerprint density at radius 3 is 2.48 bits per heavy atom. The second-order valence-electron chi connectivity index (χ2n) is 4.76. The predicted octanol–water partition coefficient (Wildman–Crippen LogP) is 2.16. The summed E-state index contributed by atoms with van der Waals surface area (Å²) < 4.78 is 29.0. The molecular formula is C13H22N2O4S2. The van der Waals surface area contributed by atoms with Crippen LogP contribution in [0.5, 0.6) is 0 Å². The molecule has 1 heterocycles. The van der Waals surface area contributed by atoms with Crippen LogP contribution in [0.1, 0.15) is 36.4 Å². The fourth-order valence-electron chi connectivity index (χ4n) is 1.91. The summed E-state index contributed by atoms with van der Waals surface area (Å²) in [6, 6.07) is -0.0434. The Morgan fingerprint density at radius 2 is 2.05 bits per heavy atom. The van der Waals surface area contributed by atoms with Gasteiger partial charge in [-0.05, 0) is 6.42 Å². The van der Waals surface area contributed by atoms with E-state index in [2.05, 4.69) is 5.32 Å². The van der Waals surface area contributed by atoms with E-state index in [1.54, 1.807) is 14.0 Å². The molecule has 120 valence electrons. The van der Waals surface area contributed by atoms with Crippen LogP contribution in [0.3, 0.4) is 0 Å². The quantitative estimate of drug-likeness (QED) is 0.707. The van der Waals surface area contributed by atoms with Crippen molar-refractivity contribution in [2.45, 2.75) is 37.6 Å². The number of ketones is 1. The van der Waals surface area contributed by atoms with Gasteiger partial charge in [-0.2, -0.15) is 0 Å². The molecule has 0 aliphatic heterocycles. The van der Waals surface area contributed by atoms with E-state index < -0.39 is 9.84 Å². The number of nitrogen functional groups attached to an aromatic ring is 1. The Bertz CT molecular complexity index is 608. The number of nitrogens with one attached hydrogen (secondary N) is 1. The first kappa shape index (κ1) is 17.9. The lowest BCUT2D eigenvalue weighted by molar-refractivity contribution is 0.0992. The molecule has 0 fully saturated rings. The molecule has 1 aromatic rings. The van der Waals surface area contributed by atoms with E-state index in [0.717, 1.165) is 24.0 Å². The summed E-state index contributed by atoms with van der Waals surface area (Å²) >= 11 is 1.09. The third-order valence-electron chi connectivity index (χ3n) is 3.04. The number of anilines is 2. The minimum atomic E-state index is -3.52. The van der Waals surface area contributed by atoms with Crippen LogP contribution in [0.4, 0.5) is 10.7 Å². The summed E-state index contributed by atoms with van der Waals surface area (Å²) in [5.41, 5.74) is 5.94. The number of rotatable bonds is 8. The molecule has 21 heavy (non-hydrogen) atoms. The molecule has 0 aromatic carbocycles. The average Bonchev–Trinajstić information content (AvgIpc) is 2.73. The van der Waals surface area contributed by atoms with Crippen LogP contribution < -0.4 is 11.1 Å². The maximum absolute atomic E-state index is 12.0. The highest BCUT2D eigenvalue weighted by molar-refractivity contribution is 7.91. The van der Waals surface area contributed by atoms with Crippen LogP contribution >= 0.6 is 11.3 Å². The number of methoxy groups -OCH3 is 1. The molecule has 0 saturated carbocycles. The van der Waals surface area contributed by atoms with Crippen LogP contribution in [0.15, 0.2) is 4.90 Å². The van der Waals surface area contributed by atoms with Crippen molar-refractivity contribution >= 4 is 37.6 Å². The van der Waals surface area contributed by atoms with Crippen molar-refractivity contribution in [3.63, 3.8) is 0 Å². The molecule has 1 unspecified atom stereocenters. The highest BCUT2D eigenvalue weighted by Crippen LogP contribution is 2.40. The highest BCUT2D eigenvalue weighted by Gasteiger charge is 2.27. The summed E-state index contributed by atoms with van der Waals surface area (Å²) in [6.07, 6.45) is 2.13. The van der Waals surface area contributed by atoms with Crippen LogP contribution in [0.25, 0.3) is 0 Å². The molecule has 0 amide bonds. The van der Waals surface area contributed by atoms with Gasteiger partial charge in [0.2, 0.25) is 0 Å². The lowest BCUT2D eigenvalue weighted by Crippen LogP contribution is -2.24. The van der Waals surface area contributed by atoms with Crippen LogP contribution in [-0.2, 0) is 14.6 Å². The van der Waals surface area contributed by atoms with Crippen LogP contribution in [0.2, 0.25) is 0 Å². The summed E-state index contributed by atoms with van der Waals surface area (Å²) in [5.74, 6) is -0.157. The van der Waals surface area contributed by atoms with E-state index in [1.165, 1.54) is 0 Å². The Balaban J connectivity index is 3.33. The first-order valence-corrected chi connectivity index (χ1v) is 9.37. The number of carbonyl (C=O) groups is 1. The molecular weight excluding hydrogens is 312 g/mol. The number of sulfone groups is 1. The maximum Gasteiger partial charge on any atom is 0.180 e. The van der Waals surface area contributed by atoms with Gasteiger partial charge in [0.1, 0.15) is 9.90 Å². The van der Waals surface area contributed by atoms with Crippen molar-refractivity contribution in [1.82, 2.24) is 0 Å². The summed E-state index contributed by atoms with van der Waals surface area (Å²) in [7, 11) is -1.94. The topological polar surface area (TPSA) is 98.5 Å². The van der Waals surface area contributed by atoms with Crippen molar-refractivity contribution in [3.8, 4) is 0 Å². The van der Waals surface area contributed by atoms with E-state index in [0.29, 0.717) is 16.5 Å². The Kier molecular flexibility index (Phi) is 6.18. The molecule has 1 rings (SSSR count). The van der Waals surface area contributed by atoms with Gasteiger partial charge in [-0.15, -0.1) is 11.3 Å². The number of carbonyl (C=O) groups excluding carboxylic acids is 1. The zero-order valence-electron chi connectivity index (χ0n) is 12.7. The number of thiophene rings is 1. The number of hydrogen-bond acceptors (Lipinski definition) is 7. The predicted molar refractivity (Wildman–Crippen MR) is 86.0 cm³/mol. The largest absolute Gasteiger partial charge is 0.396 e. The summed E-state index contributed by atoms with van der Waals surface area (Å²) in [4.78, 5) is 12.2. The van der Waals surface area contributed by atoms with Gasteiger partial charge in [0.15, 0.2) is 15.6 Å². The van der Waals surface area contributed by atoms with Crippen molar-refractivity contribution in [2.75, 3.05) is 31.0 Å². The van der Waals surface area contributed by atoms with E-state index in [-0.39, 0.29) is 28.8 Å². The van der Waals surface area contributed by atoms with Crippen molar-refractivity contribution in [3.05, 3.63) is 4.88 Å². The molecule has 0 radical (unpaired) electrons. The third kappa shape index (κ3) is 4.18. The highest BCUT2D eigenvalue weighted by atomic mass is 32.2. The van der Waals surface area contributed by atoms with Crippen molar-refractivity contribution in [1.29, 1.82) is 0 Å². The Hall–Kier alpha value is -1.12. The Morgan fingerprint density at radius 1 is 1.43 bits per heavy atom. The summed E-state index contributed by atoms with van der Waals surface area (Å²) in [5, 5.41) is 3.54. The van der Waals surface area contributed by atoms with Gasteiger partial charge in [0, 0.05) is 25.8 Å². The third-order valence-corrected chi connectivity index (χ3v) is 5.51. The number of hydrogen-bond donors (Lipinski definition) is 2. The summed E-state index contributed by atoms with van der Waals surface area (Å²) in [6.45, 7) is 4.12. The minimum absolute atomic E-state index is 0.0128. The lowest BCUT2D eigenvalue weighted by atomic mass is 10.2. The molecule has 6 nitrogen and oxygen atoms in total. The van der Waals surface area contributed by atoms with Gasteiger partial charge in [-0.3, -0.25) is 4.79 Å². The van der Waals surface area contributed by atoms with Gasteiger partial charge in [0.05, 0.1) is 17.2 Å². The molecule has 0 spiro atoms. The fraction of sp³-hybridized carbons (Fsp3) is 0.615. The molecule has 0 saturated heterocycles. The number of ether oxygens (including phenoxy) is 1. The SMILES string of the molecule is CCC(=O)c1sc(NC(CC)COC)c(S(C)(=O)=O)c1N. The normalized spacial score (nSPS) is 13.1. The van der Waals surface area contributed by atoms with Crippen molar-refractivity contribution < 1.29 is 17.9 Å². The molecule has 3 N–H and O–H groups in total. The standard InChI is InChI=1S/C13H22N2O4S2/c1-5-8(7-19-3)15-13-12(21(4,17)18)10(14)11(20-13)9(16)6-2/h8,15H,5-7,14H2,1-4H3. The number of Topliss-reactive ketones (excluding diaryl/α,β-unsaturated/α-hetero) is 1. The zero-order valence-corrected chi connectivity index (χ0v) is 14.4. The van der Waals surface area contributed by atoms with E-state index >= 15 is 0 Å². The molecule has 1 atom stereocenters. The first-order chi connectivity index (χ1) is 9.76. The van der Waals surface area contributed by atoms with Gasteiger partial charge in [-0.25, -0.2) is 8.42 Å². The fourth-order valence-corrected chi connectivity index (χ4v) is 4.55. The molecule has 1 aromatic heterocycles. The van der Waals surface area contributed by atoms with Gasteiger partial charge in [-0.1, -0.05) is 13.8 Å². The minimum Gasteiger partial charge on any atom is -0.396 e. The van der Waals surface area contributed by atoms with E-state index in [1.807, 2.05) is 6.92 Å². The van der Waals surface area contributed by atoms with Gasteiger partial charge in [0.25, 0.3) is 0 Å². The Labute approximate surface area is 129 Å². The van der Waals surface area contributed by atoms with Crippen molar-refractivity contribution in [2.24, 2.45) is 0 Å². The second-order valence-corrected chi connectivity index (χ2v) is 7.73. The molecule has 0 aliphatic carbocycles. The second kappa shape index (κ2) is 7.24. The van der Waals surface area contributed by atoms with Gasteiger partial charge >= 0.3 is 0 Å². The zero-order chi connectivity index (χ0) is 16.2. The van der Waals surface area contributed by atoms with E-state index in [9.17, 15) is 13.2 Å². The lowest BCUT2D eigenvalue weighted by Gasteiger charge is -2.16. The first-order valence-electron chi connectivity index (χ1n) is 6.67. The smallest absolute Gasteiger partial charge is 0.180 e. The van der Waals surface area contributed by atoms with E-state index in [4.69, 9.17) is 10.5 Å². The molecule has 0 aliphatic rings. The van der Waals surface area contributed by atoms with Gasteiger partial charge < -0.3 is 15.8 Å². The molecule has 0 bridgehead atoms.